The van der Waals surface area contributed by atoms with Crippen molar-refractivity contribution in [1.29, 1.82) is 0 Å². The van der Waals surface area contributed by atoms with E-state index in [4.69, 9.17) is 9.47 Å². The van der Waals surface area contributed by atoms with Gasteiger partial charge in [-0.05, 0) is 49.9 Å². The van der Waals surface area contributed by atoms with E-state index in [1.807, 2.05) is 80.6 Å². The van der Waals surface area contributed by atoms with Crippen LogP contribution in [-0.4, -0.2) is 34.4 Å². The standard InChI is InChI=1S/C29H28N4O4/c1-18-25(32-33-26(18)31-28(35)37-19(2)20-7-5-4-6-8-20)22-11-14-24(30-17-22)21-9-12-23(13-10-21)29(15-16-29)27(34)36-3/h4-14,17,19H,15-16H2,1-3H3,(H2,31,32,33,35)/t19-/m1/s1. The molecule has 0 unspecified atom stereocenters. The molecule has 2 heterocycles. The summed E-state index contributed by atoms with van der Waals surface area (Å²) in [6.07, 6.45) is 2.43. The molecule has 1 fully saturated rings. The molecule has 2 N–H and O–H groups in total. The highest BCUT2D eigenvalue weighted by molar-refractivity contribution is 5.87. The maximum atomic E-state index is 12.4. The van der Waals surface area contributed by atoms with Crippen LogP contribution in [0.5, 0.6) is 0 Å². The lowest BCUT2D eigenvalue weighted by Crippen LogP contribution is -2.21. The molecule has 37 heavy (non-hydrogen) atoms. The Morgan fingerprint density at radius 3 is 2.32 bits per heavy atom. The van der Waals surface area contributed by atoms with Crippen LogP contribution in [0.4, 0.5) is 10.6 Å². The van der Waals surface area contributed by atoms with Gasteiger partial charge < -0.3 is 9.47 Å². The number of ether oxygens (including phenoxy) is 2. The summed E-state index contributed by atoms with van der Waals surface area (Å²) in [5, 5.41) is 9.95. The van der Waals surface area contributed by atoms with Gasteiger partial charge in [-0.2, -0.15) is 5.10 Å². The van der Waals surface area contributed by atoms with Gasteiger partial charge in [0.2, 0.25) is 0 Å². The molecule has 0 aliphatic heterocycles. The zero-order valence-electron chi connectivity index (χ0n) is 20.9. The molecule has 1 aliphatic carbocycles. The molecule has 1 atom stereocenters. The molecule has 1 aliphatic rings. The SMILES string of the molecule is COC(=O)C1(c2ccc(-c3ccc(-c4[nH]nc(NC(=O)O[C@H](C)c5ccccc5)c4C)cn3)cc2)CC1. The summed E-state index contributed by atoms with van der Waals surface area (Å²) in [6.45, 7) is 3.69. The van der Waals surface area contributed by atoms with Crippen molar-refractivity contribution in [2.75, 3.05) is 12.4 Å². The van der Waals surface area contributed by atoms with Crippen LogP contribution < -0.4 is 5.32 Å². The Kier molecular flexibility index (Phi) is 6.48. The number of nitrogens with zero attached hydrogens (tertiary/aromatic N) is 2. The van der Waals surface area contributed by atoms with Crippen molar-refractivity contribution in [3.8, 4) is 22.5 Å². The number of nitrogens with one attached hydrogen (secondary N) is 2. The lowest BCUT2D eigenvalue weighted by atomic mass is 9.94. The first-order valence-electron chi connectivity index (χ1n) is 12.1. The van der Waals surface area contributed by atoms with E-state index in [0.717, 1.165) is 52.0 Å². The molecule has 0 spiro atoms. The number of amides is 1. The number of carbonyl (C=O) groups excluding carboxylic acids is 2. The largest absolute Gasteiger partial charge is 0.468 e. The first kappa shape index (κ1) is 24.2. The van der Waals surface area contributed by atoms with Crippen molar-refractivity contribution in [2.45, 2.75) is 38.2 Å². The quantitative estimate of drug-likeness (QED) is 0.306. The predicted octanol–water partition coefficient (Wildman–Crippen LogP) is 5.96. The molecule has 0 bridgehead atoms. The van der Waals surface area contributed by atoms with E-state index < -0.39 is 11.5 Å². The maximum absolute atomic E-state index is 12.4. The molecule has 1 amide bonds. The van der Waals surface area contributed by atoms with Gasteiger partial charge in [0.15, 0.2) is 5.82 Å². The number of H-pyrrole nitrogens is 1. The molecule has 5 rings (SSSR count). The van der Waals surface area contributed by atoms with Crippen molar-refractivity contribution >= 4 is 17.9 Å². The number of rotatable bonds is 7. The third-order valence-corrected chi connectivity index (χ3v) is 6.89. The number of hydrogen-bond acceptors (Lipinski definition) is 6. The highest BCUT2D eigenvalue weighted by Gasteiger charge is 2.52. The molecule has 8 nitrogen and oxygen atoms in total. The summed E-state index contributed by atoms with van der Waals surface area (Å²) in [6, 6.07) is 21.3. The van der Waals surface area contributed by atoms with Gasteiger partial charge in [0.25, 0.3) is 0 Å². The number of methoxy groups -OCH3 is 1. The first-order chi connectivity index (χ1) is 17.9. The number of aromatic amines is 1. The number of carbonyl (C=O) groups is 2. The average molecular weight is 497 g/mol. The number of benzene rings is 2. The van der Waals surface area contributed by atoms with Gasteiger partial charge in [0, 0.05) is 22.9 Å². The normalized spacial score (nSPS) is 14.5. The van der Waals surface area contributed by atoms with Gasteiger partial charge >= 0.3 is 12.1 Å². The summed E-state index contributed by atoms with van der Waals surface area (Å²) in [7, 11) is 1.43. The summed E-state index contributed by atoms with van der Waals surface area (Å²) < 4.78 is 10.5. The van der Waals surface area contributed by atoms with Gasteiger partial charge in [0.1, 0.15) is 6.10 Å². The minimum atomic E-state index is -0.574. The number of aromatic nitrogens is 3. The van der Waals surface area contributed by atoms with Crippen LogP contribution in [0.15, 0.2) is 72.9 Å². The van der Waals surface area contributed by atoms with Crippen LogP contribution in [-0.2, 0) is 19.7 Å². The monoisotopic (exact) mass is 496 g/mol. The predicted molar refractivity (Wildman–Crippen MR) is 140 cm³/mol. The maximum Gasteiger partial charge on any atom is 0.413 e. The van der Waals surface area contributed by atoms with Crippen molar-refractivity contribution in [3.05, 3.63) is 89.6 Å². The fraction of sp³-hybridized carbons (Fsp3) is 0.241. The van der Waals surface area contributed by atoms with Crippen LogP contribution in [0.25, 0.3) is 22.5 Å². The van der Waals surface area contributed by atoms with Crippen LogP contribution >= 0.6 is 0 Å². The lowest BCUT2D eigenvalue weighted by Gasteiger charge is -2.13. The Bertz CT molecular complexity index is 1410. The number of hydrogen-bond donors (Lipinski definition) is 2. The van der Waals surface area contributed by atoms with Crippen LogP contribution in [0.1, 0.15) is 42.6 Å². The lowest BCUT2D eigenvalue weighted by molar-refractivity contribution is -0.143. The van der Waals surface area contributed by atoms with Crippen LogP contribution in [0.3, 0.4) is 0 Å². The van der Waals surface area contributed by atoms with Gasteiger partial charge in [-0.15, -0.1) is 0 Å². The second-order valence-electron chi connectivity index (χ2n) is 9.24. The molecule has 2 aromatic carbocycles. The number of esters is 1. The highest BCUT2D eigenvalue weighted by Crippen LogP contribution is 2.49. The van der Waals surface area contributed by atoms with Crippen molar-refractivity contribution in [2.24, 2.45) is 0 Å². The van der Waals surface area contributed by atoms with E-state index in [1.165, 1.54) is 7.11 Å². The van der Waals surface area contributed by atoms with Crippen LogP contribution in [0.2, 0.25) is 0 Å². The van der Waals surface area contributed by atoms with E-state index in [2.05, 4.69) is 20.5 Å². The summed E-state index contributed by atoms with van der Waals surface area (Å²) in [5.41, 5.74) is 5.54. The zero-order chi connectivity index (χ0) is 26.0. The van der Waals surface area contributed by atoms with Gasteiger partial charge in [-0.3, -0.25) is 20.2 Å². The van der Waals surface area contributed by atoms with E-state index in [1.54, 1.807) is 6.20 Å². The van der Waals surface area contributed by atoms with Crippen molar-refractivity contribution < 1.29 is 19.1 Å². The third kappa shape index (κ3) is 4.82. The molecule has 188 valence electrons. The van der Waals surface area contributed by atoms with Gasteiger partial charge in [-0.1, -0.05) is 54.6 Å². The number of pyridine rings is 1. The molecule has 0 saturated heterocycles. The Morgan fingerprint density at radius 2 is 1.70 bits per heavy atom. The molecule has 8 heteroatoms. The molecule has 4 aromatic rings. The average Bonchev–Trinajstić information content (AvgIpc) is 3.67. The second-order valence-corrected chi connectivity index (χ2v) is 9.24. The third-order valence-electron chi connectivity index (χ3n) is 6.89. The minimum absolute atomic E-state index is 0.175. The van der Waals surface area contributed by atoms with Crippen molar-refractivity contribution in [1.82, 2.24) is 15.2 Å². The fourth-order valence-electron chi connectivity index (χ4n) is 4.48. The second kappa shape index (κ2) is 9.89. The zero-order valence-corrected chi connectivity index (χ0v) is 20.9. The van der Waals surface area contributed by atoms with Gasteiger partial charge in [0.05, 0.1) is 23.9 Å². The summed E-state index contributed by atoms with van der Waals surface area (Å²) >= 11 is 0. The van der Waals surface area contributed by atoms with Crippen LogP contribution in [0, 0.1) is 6.92 Å². The molecule has 0 radical (unpaired) electrons. The molecule has 2 aromatic heterocycles. The van der Waals surface area contributed by atoms with E-state index >= 15 is 0 Å². The summed E-state index contributed by atoms with van der Waals surface area (Å²) in [4.78, 5) is 29.2. The van der Waals surface area contributed by atoms with E-state index in [-0.39, 0.29) is 12.1 Å². The molecule has 1 saturated carbocycles. The topological polar surface area (TPSA) is 106 Å². The number of anilines is 1. The Hall–Kier alpha value is -4.46. The first-order valence-corrected chi connectivity index (χ1v) is 12.1. The molecular formula is C29H28N4O4. The Labute approximate surface area is 215 Å². The fourth-order valence-corrected chi connectivity index (χ4v) is 4.48. The molecular weight excluding hydrogens is 468 g/mol. The highest BCUT2D eigenvalue weighted by atomic mass is 16.6. The van der Waals surface area contributed by atoms with Crippen molar-refractivity contribution in [3.63, 3.8) is 0 Å². The smallest absolute Gasteiger partial charge is 0.413 e. The van der Waals surface area contributed by atoms with Gasteiger partial charge in [-0.25, -0.2) is 4.79 Å². The van der Waals surface area contributed by atoms with E-state index in [0.29, 0.717) is 5.82 Å². The van der Waals surface area contributed by atoms with E-state index in [9.17, 15) is 9.59 Å². The Morgan fingerprint density at radius 1 is 1.00 bits per heavy atom. The Balaban J connectivity index is 1.26. The minimum Gasteiger partial charge on any atom is -0.468 e. The summed E-state index contributed by atoms with van der Waals surface area (Å²) in [5.74, 6) is 0.227.